The van der Waals surface area contributed by atoms with E-state index in [9.17, 15) is 8.42 Å². The summed E-state index contributed by atoms with van der Waals surface area (Å²) in [7, 11) is -3.52. The van der Waals surface area contributed by atoms with Crippen LogP contribution in [-0.2, 0) is 34.7 Å². The van der Waals surface area contributed by atoms with Gasteiger partial charge in [-0.05, 0) is 48.9 Å². The molecule has 0 aliphatic heterocycles. The van der Waals surface area contributed by atoms with Gasteiger partial charge in [0.2, 0.25) is 15.9 Å². The Hall–Kier alpha value is -1.73. The fraction of sp³-hybridized carbons (Fsp3) is 0.556. The zero-order chi connectivity index (χ0) is 18.1. The summed E-state index contributed by atoms with van der Waals surface area (Å²) < 4.78 is 32.8. The average Bonchev–Trinajstić information content (AvgIpc) is 3.03. The fourth-order valence-electron chi connectivity index (χ4n) is 2.92. The molecule has 0 bridgehead atoms. The summed E-state index contributed by atoms with van der Waals surface area (Å²) in [4.78, 5) is 4.65. The van der Waals surface area contributed by atoms with E-state index in [2.05, 4.69) is 14.9 Å². The minimum atomic E-state index is -3.52. The van der Waals surface area contributed by atoms with Gasteiger partial charge in [0.1, 0.15) is 0 Å². The lowest BCUT2D eigenvalue weighted by atomic mass is 9.92. The van der Waals surface area contributed by atoms with Gasteiger partial charge in [-0.25, -0.2) is 13.1 Å². The first-order valence-electron chi connectivity index (χ1n) is 8.70. The predicted octanol–water partition coefficient (Wildman–Crippen LogP) is 2.77. The third-order valence-electron chi connectivity index (χ3n) is 4.38. The molecule has 0 amide bonds. The standard InChI is InChI=1S/C18H25N3O3S/c1-18(2,3)17-20-16(21-24-17)10-11-19-25(22,23)15-9-8-13-6-4-5-7-14(13)12-15/h8-9,12,19H,4-7,10-11H2,1-3H3. The highest BCUT2D eigenvalue weighted by atomic mass is 32.2. The first kappa shape index (κ1) is 18.1. The number of nitrogens with one attached hydrogen (secondary N) is 1. The molecule has 136 valence electrons. The number of aryl methyl sites for hydroxylation is 2. The van der Waals surface area contributed by atoms with Crippen LogP contribution in [0, 0.1) is 0 Å². The summed E-state index contributed by atoms with van der Waals surface area (Å²) in [5.74, 6) is 1.07. The number of hydrogen-bond acceptors (Lipinski definition) is 5. The second-order valence-corrected chi connectivity index (χ2v) is 9.32. The highest BCUT2D eigenvalue weighted by molar-refractivity contribution is 7.89. The van der Waals surface area contributed by atoms with Gasteiger partial charge in [-0.2, -0.15) is 4.98 Å². The molecule has 7 heteroatoms. The van der Waals surface area contributed by atoms with Gasteiger partial charge in [-0.3, -0.25) is 0 Å². The van der Waals surface area contributed by atoms with Crippen molar-refractivity contribution in [3.8, 4) is 0 Å². The smallest absolute Gasteiger partial charge is 0.240 e. The number of nitrogens with zero attached hydrogens (tertiary/aromatic N) is 2. The molecular formula is C18H25N3O3S. The number of aromatic nitrogens is 2. The highest BCUT2D eigenvalue weighted by Gasteiger charge is 2.22. The molecule has 0 saturated carbocycles. The molecule has 6 nitrogen and oxygen atoms in total. The van der Waals surface area contributed by atoms with Crippen LogP contribution in [0.5, 0.6) is 0 Å². The average molecular weight is 363 g/mol. The molecule has 0 radical (unpaired) electrons. The van der Waals surface area contributed by atoms with Gasteiger partial charge in [0, 0.05) is 18.4 Å². The van der Waals surface area contributed by atoms with Crippen molar-refractivity contribution in [1.82, 2.24) is 14.9 Å². The van der Waals surface area contributed by atoms with Crippen molar-refractivity contribution in [2.24, 2.45) is 0 Å². The molecule has 2 aromatic rings. The number of benzene rings is 1. The van der Waals surface area contributed by atoms with E-state index in [1.165, 1.54) is 12.0 Å². The molecule has 0 spiro atoms. The van der Waals surface area contributed by atoms with Crippen LogP contribution in [0.3, 0.4) is 0 Å². The van der Waals surface area contributed by atoms with E-state index < -0.39 is 10.0 Å². The van der Waals surface area contributed by atoms with Crippen LogP contribution in [0.4, 0.5) is 0 Å². The van der Waals surface area contributed by atoms with Crippen LogP contribution in [0.1, 0.15) is 56.5 Å². The van der Waals surface area contributed by atoms with E-state index in [0.29, 0.717) is 23.0 Å². The molecule has 0 saturated heterocycles. The molecular weight excluding hydrogens is 338 g/mol. The van der Waals surface area contributed by atoms with Crippen molar-refractivity contribution in [3.05, 3.63) is 41.0 Å². The maximum Gasteiger partial charge on any atom is 0.240 e. The summed E-state index contributed by atoms with van der Waals surface area (Å²) in [6.07, 6.45) is 4.69. The Morgan fingerprint density at radius 3 is 2.56 bits per heavy atom. The van der Waals surface area contributed by atoms with E-state index in [-0.39, 0.29) is 12.0 Å². The van der Waals surface area contributed by atoms with Gasteiger partial charge in [0.05, 0.1) is 4.90 Å². The van der Waals surface area contributed by atoms with Crippen LogP contribution in [0.15, 0.2) is 27.6 Å². The Morgan fingerprint density at radius 1 is 1.16 bits per heavy atom. The van der Waals surface area contributed by atoms with Gasteiger partial charge in [-0.15, -0.1) is 0 Å². The number of fused-ring (bicyclic) bond motifs is 1. The number of hydrogen-bond donors (Lipinski definition) is 1. The maximum absolute atomic E-state index is 12.5. The first-order chi connectivity index (χ1) is 11.8. The summed E-state index contributed by atoms with van der Waals surface area (Å²) in [5, 5.41) is 3.91. The number of sulfonamides is 1. The van der Waals surface area contributed by atoms with Crippen LogP contribution in [-0.4, -0.2) is 25.1 Å². The van der Waals surface area contributed by atoms with Gasteiger partial charge in [0.25, 0.3) is 0 Å². The second-order valence-electron chi connectivity index (χ2n) is 7.55. The molecule has 1 aliphatic rings. The molecule has 3 rings (SSSR count). The van der Waals surface area contributed by atoms with Crippen LogP contribution >= 0.6 is 0 Å². The zero-order valence-electron chi connectivity index (χ0n) is 15.0. The quantitative estimate of drug-likeness (QED) is 0.883. The van der Waals surface area contributed by atoms with E-state index in [1.54, 1.807) is 6.07 Å². The molecule has 1 aliphatic carbocycles. The van der Waals surface area contributed by atoms with Crippen molar-refractivity contribution in [2.45, 2.75) is 63.2 Å². The van der Waals surface area contributed by atoms with Gasteiger partial charge < -0.3 is 4.52 Å². The van der Waals surface area contributed by atoms with E-state index in [0.717, 1.165) is 24.8 Å². The van der Waals surface area contributed by atoms with E-state index in [1.807, 2.05) is 32.9 Å². The van der Waals surface area contributed by atoms with Crippen molar-refractivity contribution in [2.75, 3.05) is 6.54 Å². The second kappa shape index (κ2) is 6.88. The van der Waals surface area contributed by atoms with Gasteiger partial charge in [0.15, 0.2) is 5.82 Å². The minimum absolute atomic E-state index is 0.214. The zero-order valence-corrected chi connectivity index (χ0v) is 15.8. The Morgan fingerprint density at radius 2 is 1.88 bits per heavy atom. The Kier molecular flexibility index (Phi) is 4.97. The summed E-state index contributed by atoms with van der Waals surface area (Å²) in [5.41, 5.74) is 2.21. The third-order valence-corrected chi connectivity index (χ3v) is 5.84. The Labute approximate surface area is 149 Å². The maximum atomic E-state index is 12.5. The van der Waals surface area contributed by atoms with Crippen LogP contribution in [0.25, 0.3) is 0 Å². The third kappa shape index (κ3) is 4.27. The van der Waals surface area contributed by atoms with E-state index in [4.69, 9.17) is 4.52 Å². The summed E-state index contributed by atoms with van der Waals surface area (Å²) >= 11 is 0. The van der Waals surface area contributed by atoms with Crippen molar-refractivity contribution < 1.29 is 12.9 Å². The van der Waals surface area contributed by atoms with Crippen molar-refractivity contribution in [1.29, 1.82) is 0 Å². The van der Waals surface area contributed by atoms with Crippen molar-refractivity contribution >= 4 is 10.0 Å². The number of rotatable bonds is 5. The molecule has 1 aromatic carbocycles. The lowest BCUT2D eigenvalue weighted by Crippen LogP contribution is -2.26. The predicted molar refractivity (Wildman–Crippen MR) is 95.0 cm³/mol. The van der Waals surface area contributed by atoms with Crippen LogP contribution in [0.2, 0.25) is 0 Å². The fourth-order valence-corrected chi connectivity index (χ4v) is 4.00. The van der Waals surface area contributed by atoms with Gasteiger partial charge in [-0.1, -0.05) is 32.0 Å². The molecule has 1 N–H and O–H groups in total. The monoisotopic (exact) mass is 363 g/mol. The molecule has 25 heavy (non-hydrogen) atoms. The van der Waals surface area contributed by atoms with Crippen molar-refractivity contribution in [3.63, 3.8) is 0 Å². The summed E-state index contributed by atoms with van der Waals surface area (Å²) in [6.45, 7) is 6.21. The molecule has 0 unspecified atom stereocenters. The lowest BCUT2D eigenvalue weighted by molar-refractivity contribution is 0.318. The minimum Gasteiger partial charge on any atom is -0.339 e. The lowest BCUT2D eigenvalue weighted by Gasteiger charge is -2.16. The Balaban J connectivity index is 1.63. The Bertz CT molecular complexity index is 851. The molecule has 1 aromatic heterocycles. The molecule has 1 heterocycles. The SMILES string of the molecule is CC(C)(C)c1nc(CCNS(=O)(=O)c2ccc3c(c2)CCCC3)no1. The van der Waals surface area contributed by atoms with Gasteiger partial charge >= 0.3 is 0 Å². The summed E-state index contributed by atoms with van der Waals surface area (Å²) in [6, 6.07) is 5.44. The van der Waals surface area contributed by atoms with Crippen LogP contribution < -0.4 is 4.72 Å². The largest absolute Gasteiger partial charge is 0.339 e. The molecule has 0 fully saturated rings. The normalized spacial score (nSPS) is 15.2. The topological polar surface area (TPSA) is 85.1 Å². The van der Waals surface area contributed by atoms with E-state index >= 15 is 0 Å². The first-order valence-corrected chi connectivity index (χ1v) is 10.2. The molecule has 0 atom stereocenters. The highest BCUT2D eigenvalue weighted by Crippen LogP contribution is 2.24.